The van der Waals surface area contributed by atoms with Crippen LogP contribution in [0.4, 0.5) is 13.2 Å². The summed E-state index contributed by atoms with van der Waals surface area (Å²) in [6, 6.07) is 10.6. The first-order valence-corrected chi connectivity index (χ1v) is 15.8. The van der Waals surface area contributed by atoms with Gasteiger partial charge in [0.1, 0.15) is 24.1 Å². The Morgan fingerprint density at radius 3 is 2.02 bits per heavy atom. The summed E-state index contributed by atoms with van der Waals surface area (Å²) in [6.45, 7) is 7.10. The van der Waals surface area contributed by atoms with Crippen LogP contribution in [0.15, 0.2) is 42.5 Å². The van der Waals surface area contributed by atoms with Crippen LogP contribution in [0.5, 0.6) is 5.75 Å². The summed E-state index contributed by atoms with van der Waals surface area (Å²) in [6.07, 6.45) is -3.92. The zero-order chi connectivity index (χ0) is 33.0. The van der Waals surface area contributed by atoms with Gasteiger partial charge >= 0.3 is 12.3 Å². The standard InChI is InChI=1S/C33H44ClF3O8/c1-5-8-17-41-27-28(42-18-9-6-2)30(43-19-10-7-3)32(40-4,45-29(27)31(38)39)24-13-16-26(34)23(21-24)20-22-11-14-25(15-12-22)44-33(35,36)37/h11-16,21,27-30H,5-10,17-20H2,1-4H3,(H,38,39)/t27-,28-,29-,30+,32-/m0/s1. The van der Waals surface area contributed by atoms with E-state index in [1.807, 2.05) is 20.8 Å². The third-order valence-corrected chi connectivity index (χ3v) is 7.92. The molecule has 252 valence electrons. The number of halogens is 4. The maximum atomic E-state index is 12.7. The summed E-state index contributed by atoms with van der Waals surface area (Å²) >= 11 is 6.59. The number of ether oxygens (including phenoxy) is 6. The molecular formula is C33H44ClF3O8. The zero-order valence-corrected chi connectivity index (χ0v) is 27.0. The Hall–Kier alpha value is -2.41. The lowest BCUT2D eigenvalue weighted by atomic mass is 9.86. The summed E-state index contributed by atoms with van der Waals surface area (Å²) in [4.78, 5) is 12.7. The quantitative estimate of drug-likeness (QED) is 0.163. The summed E-state index contributed by atoms with van der Waals surface area (Å²) in [7, 11) is 1.42. The van der Waals surface area contributed by atoms with Gasteiger partial charge in [-0.05, 0) is 61.1 Å². The van der Waals surface area contributed by atoms with Gasteiger partial charge in [0.15, 0.2) is 6.10 Å². The first kappa shape index (κ1) is 37.1. The molecule has 8 nitrogen and oxygen atoms in total. The molecule has 0 aliphatic carbocycles. The minimum absolute atomic E-state index is 0.252. The fourth-order valence-electron chi connectivity index (χ4n) is 5.20. The minimum Gasteiger partial charge on any atom is -0.479 e. The molecule has 0 radical (unpaired) electrons. The molecule has 0 bridgehead atoms. The molecule has 2 aromatic carbocycles. The first-order chi connectivity index (χ1) is 21.5. The Bertz CT molecular complexity index is 1200. The highest BCUT2D eigenvalue weighted by Crippen LogP contribution is 2.44. The van der Waals surface area contributed by atoms with Gasteiger partial charge in [-0.2, -0.15) is 0 Å². The number of unbranched alkanes of at least 4 members (excludes halogenated alkanes) is 3. The van der Waals surface area contributed by atoms with Crippen LogP contribution in [0.2, 0.25) is 5.02 Å². The number of rotatable bonds is 18. The normalized spacial score (nSPS) is 23.6. The Balaban J connectivity index is 2.07. The summed E-state index contributed by atoms with van der Waals surface area (Å²) < 4.78 is 73.3. The van der Waals surface area contributed by atoms with E-state index in [0.29, 0.717) is 41.5 Å². The van der Waals surface area contributed by atoms with Gasteiger partial charge in [-0.25, -0.2) is 4.79 Å². The van der Waals surface area contributed by atoms with Gasteiger partial charge in [0.25, 0.3) is 0 Å². The van der Waals surface area contributed by atoms with Crippen LogP contribution in [0, 0.1) is 0 Å². The van der Waals surface area contributed by atoms with Crippen LogP contribution in [-0.4, -0.2) is 68.8 Å². The zero-order valence-electron chi connectivity index (χ0n) is 26.2. The maximum absolute atomic E-state index is 12.7. The van der Waals surface area contributed by atoms with Gasteiger partial charge in [-0.15, -0.1) is 13.2 Å². The number of methoxy groups -OCH3 is 1. The Morgan fingerprint density at radius 1 is 0.911 bits per heavy atom. The predicted molar refractivity (Wildman–Crippen MR) is 163 cm³/mol. The number of hydrogen-bond donors (Lipinski definition) is 1. The second-order valence-corrected chi connectivity index (χ2v) is 11.4. The van der Waals surface area contributed by atoms with Gasteiger partial charge in [-0.1, -0.05) is 69.8 Å². The molecule has 3 rings (SSSR count). The molecule has 1 aliphatic heterocycles. The van der Waals surface area contributed by atoms with E-state index < -0.39 is 42.5 Å². The number of hydrogen-bond acceptors (Lipinski definition) is 7. The highest BCUT2D eigenvalue weighted by molar-refractivity contribution is 6.31. The molecular weight excluding hydrogens is 617 g/mol. The van der Waals surface area contributed by atoms with Gasteiger partial charge < -0.3 is 33.5 Å². The average Bonchev–Trinajstić information content (AvgIpc) is 2.99. The lowest BCUT2D eigenvalue weighted by Crippen LogP contribution is -2.67. The third-order valence-electron chi connectivity index (χ3n) is 7.56. The van der Waals surface area contributed by atoms with Crippen molar-refractivity contribution < 1.29 is 51.5 Å². The molecule has 1 aliphatic rings. The number of carboxylic acid groups (broad SMARTS) is 1. The van der Waals surface area contributed by atoms with E-state index in [9.17, 15) is 23.1 Å². The SMILES string of the molecule is CCCCO[C@H]1[C@H](OCCCC)[C@@H](OCCCC)[C@](OC)(c2ccc(Cl)c(Cc3ccc(OC(F)(F)F)cc3)c2)O[C@@H]1C(=O)O. The minimum atomic E-state index is -4.80. The van der Waals surface area contributed by atoms with Crippen molar-refractivity contribution in [1.82, 2.24) is 0 Å². The highest BCUT2D eigenvalue weighted by atomic mass is 35.5. The number of carbonyl (C=O) groups is 1. The summed E-state index contributed by atoms with van der Waals surface area (Å²) in [5, 5.41) is 10.8. The third kappa shape index (κ3) is 10.0. The Morgan fingerprint density at radius 2 is 1.49 bits per heavy atom. The largest absolute Gasteiger partial charge is 0.573 e. The highest BCUT2D eigenvalue weighted by Gasteiger charge is 2.60. The molecule has 1 fully saturated rings. The van der Waals surface area contributed by atoms with Crippen molar-refractivity contribution in [3.63, 3.8) is 0 Å². The number of alkyl halides is 3. The van der Waals surface area contributed by atoms with Crippen molar-refractivity contribution in [2.75, 3.05) is 26.9 Å². The van der Waals surface area contributed by atoms with E-state index >= 15 is 0 Å². The number of benzene rings is 2. The topological polar surface area (TPSA) is 92.7 Å². The van der Waals surface area contributed by atoms with Gasteiger partial charge in [0, 0.05) is 37.5 Å². The fraction of sp³-hybridized carbons (Fsp3) is 0.606. The molecule has 12 heteroatoms. The van der Waals surface area contributed by atoms with Gasteiger partial charge in [-0.3, -0.25) is 0 Å². The van der Waals surface area contributed by atoms with Crippen LogP contribution < -0.4 is 4.74 Å². The lowest BCUT2D eigenvalue weighted by molar-refractivity contribution is -0.373. The molecule has 0 unspecified atom stereocenters. The molecule has 0 aromatic heterocycles. The summed E-state index contributed by atoms with van der Waals surface area (Å²) in [5.74, 6) is -3.29. The van der Waals surface area contributed by atoms with E-state index in [0.717, 1.165) is 38.5 Å². The molecule has 2 aromatic rings. The maximum Gasteiger partial charge on any atom is 0.573 e. The van der Waals surface area contributed by atoms with E-state index in [1.54, 1.807) is 18.2 Å². The van der Waals surface area contributed by atoms with Crippen LogP contribution in [0.3, 0.4) is 0 Å². The molecule has 1 heterocycles. The van der Waals surface area contributed by atoms with E-state index in [1.165, 1.54) is 31.4 Å². The van der Waals surface area contributed by atoms with E-state index in [-0.39, 0.29) is 12.2 Å². The van der Waals surface area contributed by atoms with Gasteiger partial charge in [0.05, 0.1) is 0 Å². The number of aliphatic carboxylic acids is 1. The lowest BCUT2D eigenvalue weighted by Gasteiger charge is -2.51. The Kier molecular flexibility index (Phi) is 14.4. The van der Waals surface area contributed by atoms with Crippen molar-refractivity contribution in [1.29, 1.82) is 0 Å². The molecule has 5 atom stereocenters. The van der Waals surface area contributed by atoms with Crippen LogP contribution in [0.1, 0.15) is 76.0 Å². The molecule has 0 spiro atoms. The predicted octanol–water partition coefficient (Wildman–Crippen LogP) is 7.67. The van der Waals surface area contributed by atoms with Gasteiger partial charge in [0.2, 0.25) is 5.79 Å². The van der Waals surface area contributed by atoms with Crippen molar-refractivity contribution in [3.05, 3.63) is 64.2 Å². The molecule has 0 amide bonds. The Labute approximate surface area is 268 Å². The van der Waals surface area contributed by atoms with Crippen molar-refractivity contribution in [3.8, 4) is 5.75 Å². The van der Waals surface area contributed by atoms with Crippen LogP contribution in [0.25, 0.3) is 0 Å². The van der Waals surface area contributed by atoms with E-state index in [2.05, 4.69) is 4.74 Å². The van der Waals surface area contributed by atoms with Crippen molar-refractivity contribution in [2.45, 2.75) is 102 Å². The van der Waals surface area contributed by atoms with Crippen molar-refractivity contribution >= 4 is 17.6 Å². The number of carboxylic acids is 1. The molecule has 1 saturated heterocycles. The molecule has 0 saturated carbocycles. The fourth-order valence-corrected chi connectivity index (χ4v) is 5.38. The smallest absolute Gasteiger partial charge is 0.479 e. The average molecular weight is 661 g/mol. The second-order valence-electron chi connectivity index (χ2n) is 10.9. The van der Waals surface area contributed by atoms with Crippen LogP contribution in [-0.2, 0) is 40.7 Å². The first-order valence-electron chi connectivity index (χ1n) is 15.4. The van der Waals surface area contributed by atoms with Crippen LogP contribution >= 0.6 is 11.6 Å². The van der Waals surface area contributed by atoms with E-state index in [4.69, 9.17) is 35.3 Å². The molecule has 45 heavy (non-hydrogen) atoms. The van der Waals surface area contributed by atoms with Crippen molar-refractivity contribution in [2.24, 2.45) is 0 Å². The summed E-state index contributed by atoms with van der Waals surface area (Å²) in [5.41, 5.74) is 1.73. The molecule has 1 N–H and O–H groups in total. The second kappa shape index (κ2) is 17.5. The monoisotopic (exact) mass is 660 g/mol.